The van der Waals surface area contributed by atoms with Crippen LogP contribution in [0.4, 0.5) is 10.1 Å². The van der Waals surface area contributed by atoms with Crippen LogP contribution in [0.3, 0.4) is 0 Å². The zero-order chi connectivity index (χ0) is 16.8. The molecular formula is C20H19FN2O. The maximum absolute atomic E-state index is 14.3. The van der Waals surface area contributed by atoms with Gasteiger partial charge in [-0.05, 0) is 53.4 Å². The van der Waals surface area contributed by atoms with Crippen molar-refractivity contribution in [3.63, 3.8) is 0 Å². The lowest BCUT2D eigenvalue weighted by Gasteiger charge is -2.10. The van der Waals surface area contributed by atoms with Gasteiger partial charge in [-0.15, -0.1) is 0 Å². The number of aromatic nitrogens is 1. The molecule has 3 aromatic rings. The lowest BCUT2D eigenvalue weighted by Crippen LogP contribution is -2.02. The highest BCUT2D eigenvalue weighted by molar-refractivity contribution is 5.63. The maximum atomic E-state index is 14.3. The molecule has 0 amide bonds. The second-order valence-electron chi connectivity index (χ2n) is 5.57. The van der Waals surface area contributed by atoms with Gasteiger partial charge in [0.05, 0.1) is 0 Å². The van der Waals surface area contributed by atoms with Crippen molar-refractivity contribution < 1.29 is 9.50 Å². The summed E-state index contributed by atoms with van der Waals surface area (Å²) < 4.78 is 14.3. The largest absolute Gasteiger partial charge is 0.396 e. The molecule has 0 bridgehead atoms. The number of anilines is 1. The fourth-order valence-corrected chi connectivity index (χ4v) is 2.53. The highest BCUT2D eigenvalue weighted by Gasteiger charge is 2.05. The molecule has 0 aliphatic heterocycles. The molecular weight excluding hydrogens is 303 g/mol. The summed E-state index contributed by atoms with van der Waals surface area (Å²) >= 11 is 0. The van der Waals surface area contributed by atoms with Gasteiger partial charge in [-0.2, -0.15) is 0 Å². The van der Waals surface area contributed by atoms with Gasteiger partial charge in [-0.1, -0.05) is 24.3 Å². The Kier molecular flexibility index (Phi) is 5.18. The van der Waals surface area contributed by atoms with Crippen LogP contribution in [0.5, 0.6) is 0 Å². The summed E-state index contributed by atoms with van der Waals surface area (Å²) in [5.74, 6) is -0.228. The quantitative estimate of drug-likeness (QED) is 0.720. The number of aliphatic hydroxyl groups is 1. The molecule has 4 heteroatoms. The molecule has 0 radical (unpaired) electrons. The van der Waals surface area contributed by atoms with Crippen LogP contribution in [0.2, 0.25) is 0 Å². The molecule has 0 saturated carbocycles. The van der Waals surface area contributed by atoms with Crippen LogP contribution in [-0.4, -0.2) is 16.7 Å². The predicted molar refractivity (Wildman–Crippen MR) is 94.2 cm³/mol. The molecule has 0 spiro atoms. The molecule has 1 aromatic heterocycles. The maximum Gasteiger partial charge on any atom is 0.128 e. The molecule has 0 aliphatic carbocycles. The van der Waals surface area contributed by atoms with E-state index in [1.165, 1.54) is 0 Å². The minimum atomic E-state index is -0.228. The number of pyridine rings is 1. The van der Waals surface area contributed by atoms with E-state index in [9.17, 15) is 4.39 Å². The van der Waals surface area contributed by atoms with E-state index in [-0.39, 0.29) is 12.4 Å². The number of rotatable bonds is 6. The second-order valence-corrected chi connectivity index (χ2v) is 5.57. The molecule has 2 aromatic carbocycles. The van der Waals surface area contributed by atoms with Gasteiger partial charge in [-0.25, -0.2) is 4.39 Å². The first-order valence-electron chi connectivity index (χ1n) is 7.89. The topological polar surface area (TPSA) is 45.1 Å². The summed E-state index contributed by atoms with van der Waals surface area (Å²) in [6, 6.07) is 16.8. The van der Waals surface area contributed by atoms with Crippen molar-refractivity contribution in [3.05, 3.63) is 83.9 Å². The van der Waals surface area contributed by atoms with Crippen LogP contribution < -0.4 is 5.32 Å². The van der Waals surface area contributed by atoms with E-state index in [0.29, 0.717) is 18.5 Å². The number of nitrogens with one attached hydrogen (secondary N) is 1. The summed E-state index contributed by atoms with van der Waals surface area (Å²) in [4.78, 5) is 3.97. The molecule has 0 aliphatic rings. The van der Waals surface area contributed by atoms with Gasteiger partial charge >= 0.3 is 0 Å². The van der Waals surface area contributed by atoms with E-state index in [4.69, 9.17) is 5.11 Å². The molecule has 0 saturated heterocycles. The van der Waals surface area contributed by atoms with Gasteiger partial charge in [0.15, 0.2) is 0 Å². The van der Waals surface area contributed by atoms with E-state index in [1.807, 2.05) is 42.5 Å². The smallest absolute Gasteiger partial charge is 0.128 e. The number of benzene rings is 2. The third-order valence-corrected chi connectivity index (χ3v) is 3.90. The first-order valence-corrected chi connectivity index (χ1v) is 7.89. The fourth-order valence-electron chi connectivity index (χ4n) is 2.53. The van der Waals surface area contributed by atoms with Gasteiger partial charge in [0.25, 0.3) is 0 Å². The van der Waals surface area contributed by atoms with Crippen LogP contribution in [0.25, 0.3) is 11.1 Å². The van der Waals surface area contributed by atoms with E-state index in [0.717, 1.165) is 22.4 Å². The van der Waals surface area contributed by atoms with E-state index < -0.39 is 0 Å². The number of hydrogen-bond acceptors (Lipinski definition) is 3. The van der Waals surface area contributed by atoms with Gasteiger partial charge in [-0.3, -0.25) is 4.98 Å². The zero-order valence-corrected chi connectivity index (χ0v) is 13.2. The Hall–Kier alpha value is -2.72. The highest BCUT2D eigenvalue weighted by atomic mass is 19.1. The Morgan fingerprint density at radius 1 is 0.917 bits per heavy atom. The summed E-state index contributed by atoms with van der Waals surface area (Å²) in [7, 11) is 0. The Balaban J connectivity index is 1.67. The van der Waals surface area contributed by atoms with Gasteiger partial charge < -0.3 is 10.4 Å². The van der Waals surface area contributed by atoms with Crippen LogP contribution in [0, 0.1) is 5.82 Å². The average molecular weight is 322 g/mol. The number of hydrogen-bond donors (Lipinski definition) is 2. The SMILES string of the molecule is OCCc1ccc(NCc2ccc(-c3ccncc3)cc2F)cc1. The Bertz CT molecular complexity index is 788. The fraction of sp³-hybridized carbons (Fsp3) is 0.150. The minimum Gasteiger partial charge on any atom is -0.396 e. The van der Waals surface area contributed by atoms with Crippen molar-refractivity contribution in [3.8, 4) is 11.1 Å². The van der Waals surface area contributed by atoms with Crippen molar-refractivity contribution in [2.24, 2.45) is 0 Å². The van der Waals surface area contributed by atoms with Gasteiger partial charge in [0, 0.05) is 36.8 Å². The third-order valence-electron chi connectivity index (χ3n) is 3.90. The molecule has 1 heterocycles. The number of nitrogens with zero attached hydrogens (tertiary/aromatic N) is 1. The highest BCUT2D eigenvalue weighted by Crippen LogP contribution is 2.22. The summed E-state index contributed by atoms with van der Waals surface area (Å²) in [6.07, 6.45) is 4.04. The number of aliphatic hydroxyl groups excluding tert-OH is 1. The standard InChI is InChI=1S/C20H19FN2O/c21-20-13-17(16-7-10-22-11-8-16)3-4-18(20)14-23-19-5-1-15(2-6-19)9-12-24/h1-8,10-11,13,23-24H,9,12,14H2. The predicted octanol–water partition coefficient (Wildman–Crippen LogP) is 4.03. The van der Waals surface area contributed by atoms with E-state index in [1.54, 1.807) is 24.5 Å². The molecule has 2 N–H and O–H groups in total. The van der Waals surface area contributed by atoms with E-state index >= 15 is 0 Å². The summed E-state index contributed by atoms with van der Waals surface area (Å²) in [5, 5.41) is 12.1. The normalized spacial score (nSPS) is 10.6. The monoisotopic (exact) mass is 322 g/mol. The molecule has 0 atom stereocenters. The second kappa shape index (κ2) is 7.70. The van der Waals surface area contributed by atoms with Gasteiger partial charge in [0.2, 0.25) is 0 Å². The number of halogens is 1. The molecule has 3 rings (SSSR count). The Morgan fingerprint density at radius 3 is 2.33 bits per heavy atom. The van der Waals surface area contributed by atoms with Crippen LogP contribution >= 0.6 is 0 Å². The van der Waals surface area contributed by atoms with Crippen molar-refractivity contribution in [1.82, 2.24) is 4.98 Å². The van der Waals surface area contributed by atoms with Crippen LogP contribution in [0.15, 0.2) is 67.0 Å². The van der Waals surface area contributed by atoms with E-state index in [2.05, 4.69) is 10.3 Å². The average Bonchev–Trinajstić information content (AvgIpc) is 2.63. The van der Waals surface area contributed by atoms with Crippen LogP contribution in [-0.2, 0) is 13.0 Å². The Morgan fingerprint density at radius 2 is 1.67 bits per heavy atom. The van der Waals surface area contributed by atoms with Crippen molar-refractivity contribution in [2.75, 3.05) is 11.9 Å². The lowest BCUT2D eigenvalue weighted by atomic mass is 10.0. The zero-order valence-electron chi connectivity index (χ0n) is 13.2. The van der Waals surface area contributed by atoms with Crippen molar-refractivity contribution in [1.29, 1.82) is 0 Å². The molecule has 122 valence electrons. The molecule has 0 fully saturated rings. The Labute approximate surface area is 140 Å². The van der Waals surface area contributed by atoms with Crippen molar-refractivity contribution >= 4 is 5.69 Å². The molecule has 0 unspecified atom stereocenters. The first-order chi connectivity index (χ1) is 11.8. The summed E-state index contributed by atoms with van der Waals surface area (Å²) in [6.45, 7) is 0.559. The van der Waals surface area contributed by atoms with Crippen LogP contribution in [0.1, 0.15) is 11.1 Å². The summed E-state index contributed by atoms with van der Waals surface area (Å²) in [5.41, 5.74) is 4.41. The molecule has 3 nitrogen and oxygen atoms in total. The van der Waals surface area contributed by atoms with Gasteiger partial charge in [0.1, 0.15) is 5.82 Å². The third kappa shape index (κ3) is 3.97. The minimum absolute atomic E-state index is 0.141. The lowest BCUT2D eigenvalue weighted by molar-refractivity contribution is 0.299. The first kappa shape index (κ1) is 16.1. The molecule has 24 heavy (non-hydrogen) atoms. The van der Waals surface area contributed by atoms with Crippen molar-refractivity contribution in [2.45, 2.75) is 13.0 Å².